The van der Waals surface area contributed by atoms with Crippen molar-refractivity contribution in [3.8, 4) is 0 Å². The number of rotatable bonds is 2. The third-order valence-electron chi connectivity index (χ3n) is 1.69. The van der Waals surface area contributed by atoms with Gasteiger partial charge in [0.05, 0.1) is 11.8 Å². The zero-order chi connectivity index (χ0) is 9.10. The molecule has 0 aliphatic heterocycles. The molecule has 0 saturated heterocycles. The number of aromatic amines is 1. The summed E-state index contributed by atoms with van der Waals surface area (Å²) < 4.78 is 0. The minimum absolute atomic E-state index is 0.515. The van der Waals surface area contributed by atoms with Crippen molar-refractivity contribution in [3.05, 3.63) is 30.2 Å². The largest absolute Gasteiger partial charge is 0.343 e. The van der Waals surface area contributed by atoms with Gasteiger partial charge in [-0.3, -0.25) is 0 Å². The van der Waals surface area contributed by atoms with Gasteiger partial charge in [-0.15, -0.1) is 11.6 Å². The molecular formula is C9H8ClN3. The minimum Gasteiger partial charge on any atom is -0.343 e. The smallest absolute Gasteiger partial charge is 0.177 e. The van der Waals surface area contributed by atoms with E-state index >= 15 is 0 Å². The Kier molecular flexibility index (Phi) is 2.27. The Bertz CT molecular complexity index is 433. The number of hydrogen-bond donors (Lipinski definition) is 1. The van der Waals surface area contributed by atoms with Gasteiger partial charge < -0.3 is 4.98 Å². The Hall–Kier alpha value is -1.35. The quantitative estimate of drug-likeness (QED) is 0.743. The standard InChI is InChI=1S/C9H8ClN3/c10-3-1-2-7-4-8-9(11-5-7)13-6-12-8/h1-2,4-6H,3H2,(H,11,12,13). The fourth-order valence-electron chi connectivity index (χ4n) is 1.12. The molecule has 0 aromatic carbocycles. The van der Waals surface area contributed by atoms with Crippen LogP contribution in [0.3, 0.4) is 0 Å². The molecule has 2 aromatic heterocycles. The minimum atomic E-state index is 0.515. The third-order valence-corrected chi connectivity index (χ3v) is 1.87. The predicted molar refractivity (Wildman–Crippen MR) is 53.6 cm³/mol. The van der Waals surface area contributed by atoms with E-state index in [0.29, 0.717) is 5.88 Å². The predicted octanol–water partition coefficient (Wildman–Crippen LogP) is 2.21. The number of halogens is 1. The molecule has 0 fully saturated rings. The van der Waals surface area contributed by atoms with Crippen molar-refractivity contribution < 1.29 is 0 Å². The second kappa shape index (κ2) is 3.58. The summed E-state index contributed by atoms with van der Waals surface area (Å²) in [6, 6.07) is 1.98. The topological polar surface area (TPSA) is 41.6 Å². The normalized spacial score (nSPS) is 11.5. The zero-order valence-corrected chi connectivity index (χ0v) is 7.62. The molecule has 0 unspecified atom stereocenters. The highest BCUT2D eigenvalue weighted by Gasteiger charge is 1.96. The van der Waals surface area contributed by atoms with Crippen molar-refractivity contribution in [1.29, 1.82) is 0 Å². The second-order valence-corrected chi connectivity index (χ2v) is 2.91. The lowest BCUT2D eigenvalue weighted by Gasteiger charge is -1.91. The molecular weight excluding hydrogens is 186 g/mol. The number of imidazole rings is 1. The summed E-state index contributed by atoms with van der Waals surface area (Å²) in [6.45, 7) is 0. The highest BCUT2D eigenvalue weighted by Crippen LogP contribution is 2.09. The molecule has 0 amide bonds. The van der Waals surface area contributed by atoms with Crippen molar-refractivity contribution in [2.75, 3.05) is 5.88 Å². The molecule has 2 heterocycles. The Morgan fingerprint density at radius 3 is 3.23 bits per heavy atom. The molecule has 1 N–H and O–H groups in total. The van der Waals surface area contributed by atoms with Gasteiger partial charge in [-0.25, -0.2) is 9.97 Å². The van der Waals surface area contributed by atoms with Crippen LogP contribution in [-0.2, 0) is 0 Å². The van der Waals surface area contributed by atoms with Crippen LogP contribution in [0.4, 0.5) is 0 Å². The number of nitrogens with one attached hydrogen (secondary N) is 1. The lowest BCUT2D eigenvalue weighted by atomic mass is 10.2. The molecule has 0 radical (unpaired) electrons. The third kappa shape index (κ3) is 1.70. The van der Waals surface area contributed by atoms with E-state index in [1.54, 1.807) is 12.5 Å². The molecule has 4 heteroatoms. The van der Waals surface area contributed by atoms with Crippen LogP contribution in [0.25, 0.3) is 17.2 Å². The highest BCUT2D eigenvalue weighted by molar-refractivity contribution is 6.19. The van der Waals surface area contributed by atoms with Crippen LogP contribution in [0.15, 0.2) is 24.7 Å². The first-order chi connectivity index (χ1) is 6.40. The monoisotopic (exact) mass is 193 g/mol. The van der Waals surface area contributed by atoms with Gasteiger partial charge in [0, 0.05) is 12.1 Å². The van der Waals surface area contributed by atoms with Crippen LogP contribution in [0.2, 0.25) is 0 Å². The van der Waals surface area contributed by atoms with Gasteiger partial charge in [0.15, 0.2) is 5.65 Å². The van der Waals surface area contributed by atoms with Gasteiger partial charge in [-0.05, 0) is 11.6 Å². The number of hydrogen-bond acceptors (Lipinski definition) is 2. The SMILES string of the molecule is ClCC=Cc1cnc2nc[nH]c2c1. The molecule has 0 spiro atoms. The fourth-order valence-corrected chi connectivity index (χ4v) is 1.21. The summed E-state index contributed by atoms with van der Waals surface area (Å²) in [4.78, 5) is 11.2. The van der Waals surface area contributed by atoms with E-state index in [1.165, 1.54) is 0 Å². The van der Waals surface area contributed by atoms with Crippen LogP contribution in [0.1, 0.15) is 5.56 Å². The van der Waals surface area contributed by atoms with Gasteiger partial charge in [0.1, 0.15) is 0 Å². The molecule has 0 aliphatic carbocycles. The molecule has 0 aliphatic rings. The number of aromatic nitrogens is 3. The first-order valence-corrected chi connectivity index (χ1v) is 4.45. The zero-order valence-electron chi connectivity index (χ0n) is 6.87. The molecule has 0 atom stereocenters. The van der Waals surface area contributed by atoms with Crippen molar-refractivity contribution in [2.24, 2.45) is 0 Å². The van der Waals surface area contributed by atoms with E-state index in [4.69, 9.17) is 11.6 Å². The maximum atomic E-state index is 5.52. The molecule has 2 rings (SSSR count). The summed E-state index contributed by atoms with van der Waals surface area (Å²) in [5.41, 5.74) is 2.71. The molecule has 13 heavy (non-hydrogen) atoms. The van der Waals surface area contributed by atoms with Crippen molar-refractivity contribution in [3.63, 3.8) is 0 Å². The Balaban J connectivity index is 2.42. The number of alkyl halides is 1. The summed E-state index contributed by atoms with van der Waals surface area (Å²) in [5, 5.41) is 0. The summed E-state index contributed by atoms with van der Waals surface area (Å²) in [5.74, 6) is 0.515. The fraction of sp³-hybridized carbons (Fsp3) is 0.111. The molecule has 0 bridgehead atoms. The Morgan fingerprint density at radius 2 is 2.38 bits per heavy atom. The van der Waals surface area contributed by atoms with E-state index in [-0.39, 0.29) is 0 Å². The van der Waals surface area contributed by atoms with E-state index in [1.807, 2.05) is 18.2 Å². The van der Waals surface area contributed by atoms with E-state index < -0.39 is 0 Å². The number of allylic oxidation sites excluding steroid dienone is 1. The molecule has 66 valence electrons. The lowest BCUT2D eigenvalue weighted by Crippen LogP contribution is -1.79. The van der Waals surface area contributed by atoms with Gasteiger partial charge in [0.25, 0.3) is 0 Å². The van der Waals surface area contributed by atoms with Crippen molar-refractivity contribution in [1.82, 2.24) is 15.0 Å². The first kappa shape index (κ1) is 8.26. The van der Waals surface area contributed by atoms with Crippen molar-refractivity contribution >= 4 is 28.8 Å². The maximum Gasteiger partial charge on any atom is 0.177 e. The van der Waals surface area contributed by atoms with E-state index in [2.05, 4.69) is 15.0 Å². The summed E-state index contributed by atoms with van der Waals surface area (Å²) in [6.07, 6.45) is 7.21. The molecule has 2 aromatic rings. The number of nitrogens with zero attached hydrogens (tertiary/aromatic N) is 2. The molecule has 0 saturated carbocycles. The van der Waals surface area contributed by atoms with Crippen LogP contribution >= 0.6 is 11.6 Å². The number of pyridine rings is 1. The van der Waals surface area contributed by atoms with Gasteiger partial charge in [0.2, 0.25) is 0 Å². The van der Waals surface area contributed by atoms with Crippen LogP contribution in [-0.4, -0.2) is 20.8 Å². The Labute approximate surface area is 80.5 Å². The van der Waals surface area contributed by atoms with Crippen LogP contribution in [0, 0.1) is 0 Å². The van der Waals surface area contributed by atoms with Gasteiger partial charge in [-0.1, -0.05) is 12.2 Å². The average molecular weight is 194 g/mol. The van der Waals surface area contributed by atoms with Crippen molar-refractivity contribution in [2.45, 2.75) is 0 Å². The van der Waals surface area contributed by atoms with Crippen LogP contribution in [0.5, 0.6) is 0 Å². The average Bonchev–Trinajstić information content (AvgIpc) is 2.61. The summed E-state index contributed by atoms with van der Waals surface area (Å²) >= 11 is 5.52. The second-order valence-electron chi connectivity index (χ2n) is 2.60. The number of H-pyrrole nitrogens is 1. The van der Waals surface area contributed by atoms with Crippen LogP contribution < -0.4 is 0 Å². The summed E-state index contributed by atoms with van der Waals surface area (Å²) in [7, 11) is 0. The lowest BCUT2D eigenvalue weighted by molar-refractivity contribution is 1.30. The van der Waals surface area contributed by atoms with Gasteiger partial charge in [-0.2, -0.15) is 0 Å². The Morgan fingerprint density at radius 1 is 1.46 bits per heavy atom. The highest BCUT2D eigenvalue weighted by atomic mass is 35.5. The first-order valence-electron chi connectivity index (χ1n) is 3.92. The number of fused-ring (bicyclic) bond motifs is 1. The van der Waals surface area contributed by atoms with E-state index in [0.717, 1.165) is 16.7 Å². The maximum absolute atomic E-state index is 5.52. The molecule has 3 nitrogen and oxygen atoms in total. The van der Waals surface area contributed by atoms with E-state index in [9.17, 15) is 0 Å². The van der Waals surface area contributed by atoms with Gasteiger partial charge >= 0.3 is 0 Å².